The molecule has 2 aromatic heterocycles. The maximum Gasteiger partial charge on any atom is 0.237 e. The normalized spacial score (nSPS) is 11.9. The molecule has 2 aromatic carbocycles. The van der Waals surface area contributed by atoms with Crippen LogP contribution in [0.4, 0.5) is 18.9 Å². The molecule has 0 spiro atoms. The van der Waals surface area contributed by atoms with E-state index in [1.165, 1.54) is 11.3 Å². The molecule has 170 valence electrons. The van der Waals surface area contributed by atoms with Crippen LogP contribution >= 0.6 is 23.1 Å². The number of nitrogens with one attached hydrogen (secondary N) is 1. The van der Waals surface area contributed by atoms with E-state index in [1.54, 1.807) is 24.7 Å². The number of halogens is 3. The second kappa shape index (κ2) is 9.67. The molecule has 1 atom stereocenters. The average molecular weight is 491 g/mol. The number of benzene rings is 2. The number of methoxy groups -OCH3 is 1. The standard InChI is InChI=1S/C22H17F3N4O2S2/c1-12(21(30)26-14-10-9-13(23)18(24)19(14)25)33-22-28-27-20(17-8-5-11-32-17)29(22)15-6-3-4-7-16(15)31-2/h3-12H,1-2H3,(H,26,30)/t12-/m1/s1. The molecule has 4 aromatic rings. The lowest BCUT2D eigenvalue weighted by Crippen LogP contribution is -2.23. The molecule has 0 aliphatic heterocycles. The predicted octanol–water partition coefficient (Wildman–Crippen LogP) is 5.54. The molecule has 0 aliphatic rings. The summed E-state index contributed by atoms with van der Waals surface area (Å²) in [6, 6.07) is 12.8. The van der Waals surface area contributed by atoms with Crippen molar-refractivity contribution in [2.24, 2.45) is 0 Å². The highest BCUT2D eigenvalue weighted by Crippen LogP contribution is 2.35. The van der Waals surface area contributed by atoms with Gasteiger partial charge in [0.1, 0.15) is 5.75 Å². The van der Waals surface area contributed by atoms with E-state index in [-0.39, 0.29) is 0 Å². The summed E-state index contributed by atoms with van der Waals surface area (Å²) in [5.74, 6) is -3.91. The molecule has 0 saturated carbocycles. The highest BCUT2D eigenvalue weighted by molar-refractivity contribution is 8.00. The number of thioether (sulfide) groups is 1. The number of amides is 1. The lowest BCUT2D eigenvalue weighted by Gasteiger charge is -2.15. The molecule has 33 heavy (non-hydrogen) atoms. The first-order valence-electron chi connectivity index (χ1n) is 9.64. The molecule has 4 rings (SSSR count). The monoisotopic (exact) mass is 490 g/mol. The Morgan fingerprint density at radius 1 is 1.09 bits per heavy atom. The number of aromatic nitrogens is 3. The molecule has 11 heteroatoms. The topological polar surface area (TPSA) is 69.0 Å². The first-order chi connectivity index (χ1) is 15.9. The Hall–Kier alpha value is -3.31. The number of para-hydroxylation sites is 2. The second-order valence-electron chi connectivity index (χ2n) is 6.76. The van der Waals surface area contributed by atoms with Crippen molar-refractivity contribution in [1.82, 2.24) is 14.8 Å². The molecule has 0 fully saturated rings. The average Bonchev–Trinajstić information content (AvgIpc) is 3.49. The van der Waals surface area contributed by atoms with Crippen LogP contribution in [0.3, 0.4) is 0 Å². The Balaban J connectivity index is 1.66. The summed E-state index contributed by atoms with van der Waals surface area (Å²) in [6.07, 6.45) is 0. The van der Waals surface area contributed by atoms with E-state index < -0.39 is 34.3 Å². The van der Waals surface area contributed by atoms with Gasteiger partial charge < -0.3 is 10.1 Å². The number of thiophene rings is 1. The summed E-state index contributed by atoms with van der Waals surface area (Å²) in [6.45, 7) is 1.59. The fourth-order valence-electron chi connectivity index (χ4n) is 3.01. The van der Waals surface area contributed by atoms with Gasteiger partial charge in [-0.3, -0.25) is 9.36 Å². The van der Waals surface area contributed by atoms with Gasteiger partial charge in [-0.15, -0.1) is 21.5 Å². The summed E-state index contributed by atoms with van der Waals surface area (Å²) in [4.78, 5) is 13.5. The molecule has 1 N–H and O–H groups in total. The molecular weight excluding hydrogens is 473 g/mol. The van der Waals surface area contributed by atoms with E-state index in [2.05, 4.69) is 15.5 Å². The third-order valence-corrected chi connectivity index (χ3v) is 6.55. The summed E-state index contributed by atoms with van der Waals surface area (Å²) in [5.41, 5.74) is 0.229. The Morgan fingerprint density at radius 3 is 2.61 bits per heavy atom. The van der Waals surface area contributed by atoms with Gasteiger partial charge in [-0.05, 0) is 42.6 Å². The van der Waals surface area contributed by atoms with Gasteiger partial charge in [-0.2, -0.15) is 0 Å². The van der Waals surface area contributed by atoms with Gasteiger partial charge in [0, 0.05) is 0 Å². The number of anilines is 1. The van der Waals surface area contributed by atoms with Crippen LogP contribution in [0.15, 0.2) is 59.1 Å². The number of hydrogen-bond donors (Lipinski definition) is 1. The van der Waals surface area contributed by atoms with Crippen LogP contribution in [0, 0.1) is 17.5 Å². The zero-order valence-electron chi connectivity index (χ0n) is 17.4. The summed E-state index contributed by atoms with van der Waals surface area (Å²) < 4.78 is 47.9. The van der Waals surface area contributed by atoms with Crippen molar-refractivity contribution in [1.29, 1.82) is 0 Å². The highest BCUT2D eigenvalue weighted by atomic mass is 32.2. The Morgan fingerprint density at radius 2 is 1.88 bits per heavy atom. The molecule has 0 aliphatic carbocycles. The minimum absolute atomic E-state index is 0.399. The van der Waals surface area contributed by atoms with Crippen molar-refractivity contribution in [2.45, 2.75) is 17.3 Å². The van der Waals surface area contributed by atoms with Gasteiger partial charge in [0.05, 0.1) is 28.6 Å². The molecule has 0 saturated heterocycles. The smallest absolute Gasteiger partial charge is 0.237 e. The van der Waals surface area contributed by atoms with E-state index in [0.29, 0.717) is 22.4 Å². The summed E-state index contributed by atoms with van der Waals surface area (Å²) in [7, 11) is 1.55. The lowest BCUT2D eigenvalue weighted by atomic mass is 10.2. The van der Waals surface area contributed by atoms with Crippen molar-refractivity contribution < 1.29 is 22.7 Å². The fourth-order valence-corrected chi connectivity index (χ4v) is 4.57. The maximum atomic E-state index is 14.0. The van der Waals surface area contributed by atoms with Gasteiger partial charge in [-0.1, -0.05) is 30.0 Å². The zero-order chi connectivity index (χ0) is 23.5. The van der Waals surface area contributed by atoms with Gasteiger partial charge in [0.25, 0.3) is 0 Å². The molecular formula is C22H17F3N4O2S2. The van der Waals surface area contributed by atoms with Crippen LogP contribution in [0.5, 0.6) is 5.75 Å². The van der Waals surface area contributed by atoms with Crippen LogP contribution in [0.25, 0.3) is 16.4 Å². The minimum Gasteiger partial charge on any atom is -0.495 e. The van der Waals surface area contributed by atoms with E-state index in [9.17, 15) is 18.0 Å². The van der Waals surface area contributed by atoms with Gasteiger partial charge in [0.15, 0.2) is 28.4 Å². The number of carbonyl (C=O) groups excluding carboxylic acids is 1. The van der Waals surface area contributed by atoms with Crippen LogP contribution in [-0.4, -0.2) is 33.0 Å². The first-order valence-corrected chi connectivity index (χ1v) is 11.4. The van der Waals surface area contributed by atoms with Crippen LogP contribution in [0.2, 0.25) is 0 Å². The third kappa shape index (κ3) is 4.60. The van der Waals surface area contributed by atoms with Crippen molar-refractivity contribution >= 4 is 34.7 Å². The second-order valence-corrected chi connectivity index (χ2v) is 9.02. The SMILES string of the molecule is COc1ccccc1-n1c(S[C@H](C)C(=O)Nc2ccc(F)c(F)c2F)nnc1-c1cccs1. The number of nitrogens with zero attached hydrogens (tertiary/aromatic N) is 3. The Bertz CT molecular complexity index is 1300. The van der Waals surface area contributed by atoms with E-state index in [0.717, 1.165) is 28.8 Å². The quantitative estimate of drug-likeness (QED) is 0.272. The number of carbonyl (C=O) groups is 1. The maximum absolute atomic E-state index is 14.0. The molecule has 2 heterocycles. The molecule has 1 amide bonds. The lowest BCUT2D eigenvalue weighted by molar-refractivity contribution is -0.115. The number of hydrogen-bond acceptors (Lipinski definition) is 6. The van der Waals surface area contributed by atoms with Crippen molar-refractivity contribution in [3.8, 4) is 22.1 Å². The predicted molar refractivity (Wildman–Crippen MR) is 121 cm³/mol. The van der Waals surface area contributed by atoms with Crippen LogP contribution in [0.1, 0.15) is 6.92 Å². The van der Waals surface area contributed by atoms with Crippen molar-refractivity contribution in [3.63, 3.8) is 0 Å². The van der Waals surface area contributed by atoms with Crippen molar-refractivity contribution in [2.75, 3.05) is 12.4 Å². The molecule has 0 bridgehead atoms. The summed E-state index contributed by atoms with van der Waals surface area (Å²) >= 11 is 2.56. The van der Waals surface area contributed by atoms with Gasteiger partial charge in [-0.25, -0.2) is 13.2 Å². The zero-order valence-corrected chi connectivity index (χ0v) is 19.0. The van der Waals surface area contributed by atoms with E-state index in [4.69, 9.17) is 4.74 Å². The largest absolute Gasteiger partial charge is 0.495 e. The highest BCUT2D eigenvalue weighted by Gasteiger charge is 2.25. The molecule has 0 radical (unpaired) electrons. The molecule has 6 nitrogen and oxygen atoms in total. The third-order valence-electron chi connectivity index (χ3n) is 4.65. The van der Waals surface area contributed by atoms with Crippen molar-refractivity contribution in [3.05, 3.63) is 71.4 Å². The van der Waals surface area contributed by atoms with Crippen LogP contribution < -0.4 is 10.1 Å². The number of ether oxygens (including phenoxy) is 1. The van der Waals surface area contributed by atoms with E-state index >= 15 is 0 Å². The summed E-state index contributed by atoms with van der Waals surface area (Å²) in [5, 5.41) is 12.4. The van der Waals surface area contributed by atoms with Gasteiger partial charge >= 0.3 is 0 Å². The van der Waals surface area contributed by atoms with Gasteiger partial charge in [0.2, 0.25) is 5.91 Å². The Kier molecular flexibility index (Phi) is 6.70. The van der Waals surface area contributed by atoms with E-state index in [1.807, 2.05) is 35.7 Å². The first kappa shape index (κ1) is 22.9. The molecule has 0 unspecified atom stereocenters. The Labute approximate surface area is 195 Å². The minimum atomic E-state index is -1.65. The number of rotatable bonds is 7. The fraction of sp³-hybridized carbons (Fsp3) is 0.136. The van der Waals surface area contributed by atoms with Crippen LogP contribution in [-0.2, 0) is 4.79 Å².